The van der Waals surface area contributed by atoms with E-state index in [2.05, 4.69) is 5.16 Å². The topological polar surface area (TPSA) is 58.9 Å². The molecule has 1 aromatic carbocycles. The molecule has 0 saturated heterocycles. The van der Waals surface area contributed by atoms with Gasteiger partial charge < -0.3 is 9.94 Å². The molecule has 0 aliphatic rings. The maximum Gasteiger partial charge on any atom is 0.356 e. The monoisotopic (exact) mass is 349 g/mol. The van der Waals surface area contributed by atoms with Crippen molar-refractivity contribution in [2.75, 3.05) is 0 Å². The third-order valence-electron chi connectivity index (χ3n) is 2.24. The molecule has 0 fully saturated rings. The number of esters is 1. The van der Waals surface area contributed by atoms with Crippen LogP contribution in [0.15, 0.2) is 35.5 Å². The SMILES string of the molecule is O=C(O/C(=N\O)c1ccccc1)c1sc(Cl)c(Cl)c1Cl. The predicted molar refractivity (Wildman–Crippen MR) is 79.5 cm³/mol. The molecular weight excluding hydrogens is 345 g/mol. The maximum atomic E-state index is 12.0. The van der Waals surface area contributed by atoms with Gasteiger partial charge in [-0.05, 0) is 17.3 Å². The first-order valence-corrected chi connectivity index (χ1v) is 7.12. The highest BCUT2D eigenvalue weighted by molar-refractivity contribution is 7.19. The van der Waals surface area contributed by atoms with Crippen LogP contribution in [0, 0.1) is 0 Å². The lowest BCUT2D eigenvalue weighted by Gasteiger charge is -2.04. The van der Waals surface area contributed by atoms with Crippen LogP contribution in [0.4, 0.5) is 0 Å². The van der Waals surface area contributed by atoms with E-state index in [0.29, 0.717) is 5.56 Å². The van der Waals surface area contributed by atoms with E-state index in [1.807, 2.05) is 0 Å². The molecule has 0 aliphatic heterocycles. The Morgan fingerprint density at radius 2 is 1.80 bits per heavy atom. The number of hydrogen-bond donors (Lipinski definition) is 1. The first-order valence-electron chi connectivity index (χ1n) is 5.17. The zero-order chi connectivity index (χ0) is 14.7. The van der Waals surface area contributed by atoms with Crippen LogP contribution in [0.5, 0.6) is 0 Å². The molecule has 20 heavy (non-hydrogen) atoms. The average Bonchev–Trinajstić information content (AvgIpc) is 2.73. The fraction of sp³-hybridized carbons (Fsp3) is 0. The zero-order valence-corrected chi connectivity index (χ0v) is 12.7. The van der Waals surface area contributed by atoms with E-state index in [4.69, 9.17) is 44.7 Å². The van der Waals surface area contributed by atoms with Gasteiger partial charge in [0.1, 0.15) is 9.21 Å². The van der Waals surface area contributed by atoms with Crippen LogP contribution in [0.1, 0.15) is 15.2 Å². The second-order valence-electron chi connectivity index (χ2n) is 3.49. The molecule has 0 aliphatic carbocycles. The second kappa shape index (κ2) is 6.45. The first-order chi connectivity index (χ1) is 9.54. The van der Waals surface area contributed by atoms with Crippen LogP contribution in [0.25, 0.3) is 0 Å². The minimum Gasteiger partial charge on any atom is -0.408 e. The van der Waals surface area contributed by atoms with Crippen molar-refractivity contribution >= 4 is 58.0 Å². The number of ether oxygens (including phenoxy) is 1. The Bertz CT molecular complexity index is 670. The molecule has 0 bridgehead atoms. The molecule has 4 nitrogen and oxygen atoms in total. The van der Waals surface area contributed by atoms with E-state index in [1.165, 1.54) is 0 Å². The maximum absolute atomic E-state index is 12.0. The highest BCUT2D eigenvalue weighted by Crippen LogP contribution is 2.40. The molecule has 2 aromatic rings. The molecule has 1 N–H and O–H groups in total. The van der Waals surface area contributed by atoms with Gasteiger partial charge in [0.25, 0.3) is 5.90 Å². The summed E-state index contributed by atoms with van der Waals surface area (Å²) >= 11 is 18.3. The van der Waals surface area contributed by atoms with E-state index < -0.39 is 5.97 Å². The van der Waals surface area contributed by atoms with Crippen LogP contribution >= 0.6 is 46.1 Å². The number of carbonyl (C=O) groups is 1. The molecule has 8 heteroatoms. The quantitative estimate of drug-likeness (QED) is 0.281. The summed E-state index contributed by atoms with van der Waals surface area (Å²) in [6.07, 6.45) is 0. The van der Waals surface area contributed by atoms with Crippen LogP contribution < -0.4 is 0 Å². The molecule has 1 heterocycles. The lowest BCUT2D eigenvalue weighted by atomic mass is 10.2. The van der Waals surface area contributed by atoms with Crippen LogP contribution in [-0.4, -0.2) is 17.1 Å². The Hall–Kier alpha value is -1.27. The second-order valence-corrected chi connectivity index (χ2v) is 5.87. The van der Waals surface area contributed by atoms with Gasteiger partial charge in [-0.25, -0.2) is 4.79 Å². The van der Waals surface area contributed by atoms with Crippen molar-refractivity contribution in [3.8, 4) is 0 Å². The molecule has 2 rings (SSSR count). The Balaban J connectivity index is 2.25. The van der Waals surface area contributed by atoms with Crippen molar-refractivity contribution in [1.29, 1.82) is 0 Å². The van der Waals surface area contributed by atoms with Crippen LogP contribution in [0.2, 0.25) is 14.4 Å². The van der Waals surface area contributed by atoms with Gasteiger partial charge in [0, 0.05) is 5.56 Å². The first kappa shape index (κ1) is 15.1. The molecule has 0 unspecified atom stereocenters. The van der Waals surface area contributed by atoms with E-state index in [-0.39, 0.29) is 25.2 Å². The molecule has 1 aromatic heterocycles. The molecule has 0 spiro atoms. The average molecular weight is 351 g/mol. The molecule has 0 radical (unpaired) electrons. The standard InChI is InChI=1S/C12H6Cl3NO3S/c13-7-8(14)10(15)20-9(7)12(17)19-11(16-18)6-4-2-1-3-5-6/h1-5,18H/b16-11-. The number of rotatable bonds is 2. The summed E-state index contributed by atoms with van der Waals surface area (Å²) in [7, 11) is 0. The Morgan fingerprint density at radius 1 is 1.15 bits per heavy atom. The van der Waals surface area contributed by atoms with E-state index in [1.54, 1.807) is 30.3 Å². The van der Waals surface area contributed by atoms with Gasteiger partial charge >= 0.3 is 5.97 Å². The Morgan fingerprint density at radius 3 is 2.30 bits per heavy atom. The lowest BCUT2D eigenvalue weighted by molar-refractivity contribution is 0.0714. The van der Waals surface area contributed by atoms with Crippen LogP contribution in [0.3, 0.4) is 0 Å². The summed E-state index contributed by atoms with van der Waals surface area (Å²) < 4.78 is 5.18. The molecule has 0 saturated carbocycles. The smallest absolute Gasteiger partial charge is 0.356 e. The fourth-order valence-corrected chi connectivity index (χ4v) is 3.02. The zero-order valence-electron chi connectivity index (χ0n) is 9.64. The molecular formula is C12H6Cl3NO3S. The number of nitrogens with zero attached hydrogens (tertiary/aromatic N) is 1. The van der Waals surface area contributed by atoms with Gasteiger partial charge in [-0.1, -0.05) is 53.0 Å². The Kier molecular flexibility index (Phi) is 4.88. The van der Waals surface area contributed by atoms with E-state index >= 15 is 0 Å². The van der Waals surface area contributed by atoms with Gasteiger partial charge in [-0.3, -0.25) is 0 Å². The van der Waals surface area contributed by atoms with Crippen LogP contribution in [-0.2, 0) is 4.74 Å². The summed E-state index contributed by atoms with van der Waals surface area (Å²) in [6.45, 7) is 0. The number of hydrogen-bond acceptors (Lipinski definition) is 5. The number of thiophene rings is 1. The van der Waals surface area contributed by atoms with E-state index in [0.717, 1.165) is 11.3 Å². The number of oxime groups is 1. The van der Waals surface area contributed by atoms with Gasteiger partial charge in [0.05, 0.1) is 10.0 Å². The number of carbonyl (C=O) groups excluding carboxylic acids is 1. The largest absolute Gasteiger partial charge is 0.408 e. The highest BCUT2D eigenvalue weighted by atomic mass is 35.5. The fourth-order valence-electron chi connectivity index (χ4n) is 1.35. The normalized spacial score (nSPS) is 11.4. The number of benzene rings is 1. The third kappa shape index (κ3) is 3.07. The number of halogens is 3. The summed E-state index contributed by atoms with van der Waals surface area (Å²) in [5.74, 6) is -1.04. The van der Waals surface area contributed by atoms with Crippen molar-refractivity contribution in [1.82, 2.24) is 0 Å². The van der Waals surface area contributed by atoms with Crippen molar-refractivity contribution in [3.05, 3.63) is 55.2 Å². The van der Waals surface area contributed by atoms with Gasteiger partial charge in [0.2, 0.25) is 0 Å². The van der Waals surface area contributed by atoms with Crippen molar-refractivity contribution in [2.24, 2.45) is 5.16 Å². The minimum atomic E-state index is -0.801. The van der Waals surface area contributed by atoms with Gasteiger partial charge in [-0.15, -0.1) is 11.3 Å². The highest BCUT2D eigenvalue weighted by Gasteiger charge is 2.23. The van der Waals surface area contributed by atoms with Crippen molar-refractivity contribution in [2.45, 2.75) is 0 Å². The van der Waals surface area contributed by atoms with Gasteiger partial charge in [-0.2, -0.15) is 0 Å². The van der Waals surface area contributed by atoms with Crippen molar-refractivity contribution < 1.29 is 14.7 Å². The minimum absolute atomic E-state index is 0.0111. The molecule has 0 atom stereocenters. The summed E-state index contributed by atoms with van der Waals surface area (Å²) in [4.78, 5) is 12.0. The lowest BCUT2D eigenvalue weighted by Crippen LogP contribution is -2.13. The van der Waals surface area contributed by atoms with Gasteiger partial charge in [0.15, 0.2) is 0 Å². The third-order valence-corrected chi connectivity index (χ3v) is 4.79. The van der Waals surface area contributed by atoms with Crippen molar-refractivity contribution in [3.63, 3.8) is 0 Å². The Labute approximate surface area is 133 Å². The summed E-state index contributed by atoms with van der Waals surface area (Å²) in [5.41, 5.74) is 0.438. The summed E-state index contributed by atoms with van der Waals surface area (Å²) in [6, 6.07) is 8.44. The molecule has 0 amide bonds. The predicted octanol–water partition coefficient (Wildman–Crippen LogP) is 4.70. The molecule has 104 valence electrons. The summed E-state index contributed by atoms with van der Waals surface area (Å²) in [5, 5.41) is 12.0. The van der Waals surface area contributed by atoms with E-state index in [9.17, 15) is 4.79 Å².